The zero-order valence-corrected chi connectivity index (χ0v) is 11.9. The van der Waals surface area contributed by atoms with E-state index in [1.807, 2.05) is 55.5 Å². The molecule has 3 heteroatoms. The number of anilines is 2. The minimum Gasteiger partial charge on any atom is -0.376 e. The van der Waals surface area contributed by atoms with Gasteiger partial charge >= 0.3 is 0 Å². The molecule has 0 aliphatic rings. The van der Waals surface area contributed by atoms with Crippen LogP contribution < -0.4 is 10.6 Å². The van der Waals surface area contributed by atoms with Crippen molar-refractivity contribution in [1.82, 2.24) is 0 Å². The zero-order valence-electron chi connectivity index (χ0n) is 11.9. The maximum absolute atomic E-state index is 11.9. The van der Waals surface area contributed by atoms with Crippen molar-refractivity contribution in [3.63, 3.8) is 0 Å². The number of amides is 1. The number of carbonyl (C=O) groups excluding carboxylic acids is 1. The summed E-state index contributed by atoms with van der Waals surface area (Å²) in [6.45, 7) is 4.40. The van der Waals surface area contributed by atoms with Crippen LogP contribution in [-0.2, 0) is 11.2 Å². The monoisotopic (exact) mass is 268 g/mol. The summed E-state index contributed by atoms with van der Waals surface area (Å²) in [6, 6.07) is 15.9. The van der Waals surface area contributed by atoms with E-state index in [-0.39, 0.29) is 12.5 Å². The highest BCUT2D eigenvalue weighted by Crippen LogP contribution is 2.11. The van der Waals surface area contributed by atoms with Crippen LogP contribution in [0.15, 0.2) is 48.5 Å². The topological polar surface area (TPSA) is 41.1 Å². The first-order valence-electron chi connectivity index (χ1n) is 6.86. The van der Waals surface area contributed by atoms with Gasteiger partial charge in [-0.1, -0.05) is 31.2 Å². The van der Waals surface area contributed by atoms with Crippen LogP contribution in [0, 0.1) is 6.92 Å². The van der Waals surface area contributed by atoms with Crippen molar-refractivity contribution < 1.29 is 4.79 Å². The average Bonchev–Trinajstić information content (AvgIpc) is 2.46. The standard InChI is InChI=1S/C17H20N2O/c1-3-14-7-9-15(10-8-14)19-17(20)12-18-16-6-4-5-13(2)11-16/h4-11,18H,3,12H2,1-2H3,(H,19,20). The second-order valence-corrected chi connectivity index (χ2v) is 4.82. The third-order valence-corrected chi connectivity index (χ3v) is 3.12. The van der Waals surface area contributed by atoms with Crippen LogP contribution in [0.2, 0.25) is 0 Å². The van der Waals surface area contributed by atoms with E-state index >= 15 is 0 Å². The van der Waals surface area contributed by atoms with Gasteiger partial charge in [0.15, 0.2) is 0 Å². The number of rotatable bonds is 5. The highest BCUT2D eigenvalue weighted by Gasteiger charge is 2.02. The molecule has 0 aromatic heterocycles. The molecule has 0 heterocycles. The molecule has 20 heavy (non-hydrogen) atoms. The SMILES string of the molecule is CCc1ccc(NC(=O)CNc2cccc(C)c2)cc1. The van der Waals surface area contributed by atoms with Crippen LogP contribution in [0.5, 0.6) is 0 Å². The van der Waals surface area contributed by atoms with Crippen LogP contribution in [-0.4, -0.2) is 12.5 Å². The molecule has 0 saturated carbocycles. The summed E-state index contributed by atoms with van der Waals surface area (Å²) in [5.74, 6) is -0.0456. The summed E-state index contributed by atoms with van der Waals surface area (Å²) in [6.07, 6.45) is 1.00. The number of hydrogen-bond donors (Lipinski definition) is 2. The predicted octanol–water partition coefficient (Wildman–Crippen LogP) is 3.61. The first-order chi connectivity index (χ1) is 9.67. The number of hydrogen-bond acceptors (Lipinski definition) is 2. The van der Waals surface area contributed by atoms with E-state index in [9.17, 15) is 4.79 Å². The Morgan fingerprint density at radius 2 is 1.80 bits per heavy atom. The lowest BCUT2D eigenvalue weighted by molar-refractivity contribution is -0.114. The molecular formula is C17H20N2O. The summed E-state index contributed by atoms with van der Waals surface area (Å²) in [7, 11) is 0. The van der Waals surface area contributed by atoms with Gasteiger partial charge in [0.25, 0.3) is 0 Å². The van der Waals surface area contributed by atoms with Crippen molar-refractivity contribution in [2.75, 3.05) is 17.2 Å². The molecule has 0 bridgehead atoms. The molecule has 0 saturated heterocycles. The molecule has 3 nitrogen and oxygen atoms in total. The maximum atomic E-state index is 11.9. The van der Waals surface area contributed by atoms with E-state index < -0.39 is 0 Å². The molecule has 0 spiro atoms. The Balaban J connectivity index is 1.85. The first kappa shape index (κ1) is 14.1. The fraction of sp³-hybridized carbons (Fsp3) is 0.235. The molecule has 0 fully saturated rings. The van der Waals surface area contributed by atoms with Gasteiger partial charge in [-0.25, -0.2) is 0 Å². The average molecular weight is 268 g/mol. The number of benzene rings is 2. The molecular weight excluding hydrogens is 248 g/mol. The molecule has 0 radical (unpaired) electrons. The lowest BCUT2D eigenvalue weighted by Crippen LogP contribution is -2.21. The van der Waals surface area contributed by atoms with Crippen molar-refractivity contribution in [2.24, 2.45) is 0 Å². The molecule has 0 atom stereocenters. The predicted molar refractivity (Wildman–Crippen MR) is 84.1 cm³/mol. The van der Waals surface area contributed by atoms with Gasteiger partial charge in [-0.15, -0.1) is 0 Å². The van der Waals surface area contributed by atoms with Crippen molar-refractivity contribution in [1.29, 1.82) is 0 Å². The quantitative estimate of drug-likeness (QED) is 0.869. The van der Waals surface area contributed by atoms with E-state index in [2.05, 4.69) is 17.6 Å². The lowest BCUT2D eigenvalue weighted by Gasteiger charge is -2.08. The van der Waals surface area contributed by atoms with Crippen molar-refractivity contribution in [3.8, 4) is 0 Å². The normalized spacial score (nSPS) is 10.1. The number of aryl methyl sites for hydroxylation is 2. The smallest absolute Gasteiger partial charge is 0.243 e. The van der Waals surface area contributed by atoms with Crippen molar-refractivity contribution in [2.45, 2.75) is 20.3 Å². The molecule has 2 aromatic carbocycles. The van der Waals surface area contributed by atoms with E-state index in [4.69, 9.17) is 0 Å². The van der Waals surface area contributed by atoms with Crippen LogP contribution in [0.3, 0.4) is 0 Å². The second kappa shape index (κ2) is 6.75. The minimum absolute atomic E-state index is 0.0456. The van der Waals surface area contributed by atoms with Crippen LogP contribution in [0.4, 0.5) is 11.4 Å². The Bertz CT molecular complexity index is 576. The first-order valence-corrected chi connectivity index (χ1v) is 6.86. The second-order valence-electron chi connectivity index (χ2n) is 4.82. The van der Waals surface area contributed by atoms with Gasteiger partial charge < -0.3 is 10.6 Å². The van der Waals surface area contributed by atoms with Gasteiger partial charge in [-0.3, -0.25) is 4.79 Å². The van der Waals surface area contributed by atoms with Crippen molar-refractivity contribution >= 4 is 17.3 Å². The van der Waals surface area contributed by atoms with Crippen molar-refractivity contribution in [3.05, 3.63) is 59.7 Å². The largest absolute Gasteiger partial charge is 0.376 e. The van der Waals surface area contributed by atoms with Gasteiger partial charge in [0.2, 0.25) is 5.91 Å². The van der Waals surface area contributed by atoms with E-state index in [0.29, 0.717) is 0 Å². The van der Waals surface area contributed by atoms with E-state index in [1.165, 1.54) is 11.1 Å². The lowest BCUT2D eigenvalue weighted by atomic mass is 10.1. The summed E-state index contributed by atoms with van der Waals surface area (Å²) < 4.78 is 0. The molecule has 2 rings (SSSR count). The van der Waals surface area contributed by atoms with Gasteiger partial charge in [0, 0.05) is 11.4 Å². The summed E-state index contributed by atoms with van der Waals surface area (Å²) in [5, 5.41) is 5.99. The summed E-state index contributed by atoms with van der Waals surface area (Å²) in [5.41, 5.74) is 4.23. The maximum Gasteiger partial charge on any atom is 0.243 e. The molecule has 2 N–H and O–H groups in total. The number of carbonyl (C=O) groups is 1. The third kappa shape index (κ3) is 4.12. The third-order valence-electron chi connectivity index (χ3n) is 3.12. The molecule has 0 aliphatic heterocycles. The zero-order chi connectivity index (χ0) is 14.4. The van der Waals surface area contributed by atoms with Crippen LogP contribution in [0.25, 0.3) is 0 Å². The Labute approximate surface area is 120 Å². The Morgan fingerprint density at radius 3 is 2.45 bits per heavy atom. The van der Waals surface area contributed by atoms with E-state index in [1.54, 1.807) is 0 Å². The Morgan fingerprint density at radius 1 is 1.05 bits per heavy atom. The molecule has 0 aliphatic carbocycles. The Kier molecular flexibility index (Phi) is 4.77. The Hall–Kier alpha value is -2.29. The number of nitrogens with one attached hydrogen (secondary N) is 2. The minimum atomic E-state index is -0.0456. The molecule has 2 aromatic rings. The highest BCUT2D eigenvalue weighted by molar-refractivity contribution is 5.93. The van der Waals surface area contributed by atoms with Crippen LogP contribution in [0.1, 0.15) is 18.1 Å². The van der Waals surface area contributed by atoms with E-state index in [0.717, 1.165) is 17.8 Å². The fourth-order valence-corrected chi connectivity index (χ4v) is 1.97. The van der Waals surface area contributed by atoms with Gasteiger partial charge in [-0.2, -0.15) is 0 Å². The van der Waals surface area contributed by atoms with Gasteiger partial charge in [0.05, 0.1) is 6.54 Å². The fourth-order valence-electron chi connectivity index (χ4n) is 1.97. The summed E-state index contributed by atoms with van der Waals surface area (Å²) >= 11 is 0. The molecule has 0 unspecified atom stereocenters. The molecule has 1 amide bonds. The molecule has 104 valence electrons. The highest BCUT2D eigenvalue weighted by atomic mass is 16.1. The van der Waals surface area contributed by atoms with Gasteiger partial charge in [-0.05, 0) is 48.7 Å². The van der Waals surface area contributed by atoms with Crippen LogP contribution >= 0.6 is 0 Å². The van der Waals surface area contributed by atoms with Gasteiger partial charge in [0.1, 0.15) is 0 Å². The summed E-state index contributed by atoms with van der Waals surface area (Å²) in [4.78, 5) is 11.9.